The Morgan fingerprint density at radius 3 is 2.50 bits per heavy atom. The number of rotatable bonds is 2. The monoisotopic (exact) mass is 315 g/mol. The summed E-state index contributed by atoms with van der Waals surface area (Å²) in [5.41, 5.74) is 0.264. The second-order valence-corrected chi connectivity index (χ2v) is 6.43. The highest BCUT2D eigenvalue weighted by atomic mass is 32.1. The molecule has 1 fully saturated rings. The molecule has 2 aromatic heterocycles. The lowest BCUT2D eigenvalue weighted by Crippen LogP contribution is -2.31. The third kappa shape index (κ3) is 1.93. The summed E-state index contributed by atoms with van der Waals surface area (Å²) in [6, 6.07) is 1.39. The quantitative estimate of drug-likeness (QED) is 0.617. The van der Waals surface area contributed by atoms with Crippen LogP contribution in [0, 0.1) is 11.8 Å². The smallest absolute Gasteiger partial charge is 0.258 e. The van der Waals surface area contributed by atoms with Gasteiger partial charge in [0.05, 0.1) is 24.1 Å². The van der Waals surface area contributed by atoms with Gasteiger partial charge in [0, 0.05) is 17.6 Å². The fraction of sp³-hybridized carbons (Fsp3) is 0.333. The van der Waals surface area contributed by atoms with Crippen LogP contribution in [-0.2, 0) is 16.1 Å². The Bertz CT molecular complexity index is 840. The van der Waals surface area contributed by atoms with E-state index in [1.165, 1.54) is 26.7 Å². The van der Waals surface area contributed by atoms with E-state index < -0.39 is 0 Å². The van der Waals surface area contributed by atoms with Gasteiger partial charge in [0.2, 0.25) is 11.8 Å². The van der Waals surface area contributed by atoms with Crippen LogP contribution in [0.5, 0.6) is 0 Å². The average molecular weight is 315 g/mol. The molecule has 1 aliphatic heterocycles. The van der Waals surface area contributed by atoms with Gasteiger partial charge in [0.25, 0.3) is 5.56 Å². The van der Waals surface area contributed by atoms with E-state index in [0.29, 0.717) is 23.5 Å². The molecule has 2 aliphatic rings. The van der Waals surface area contributed by atoms with Crippen molar-refractivity contribution in [2.75, 3.05) is 0 Å². The number of carbonyl (C=O) groups excluding carboxylic acids is 2. The molecular weight excluding hydrogens is 302 g/mol. The van der Waals surface area contributed by atoms with Crippen LogP contribution in [0.15, 0.2) is 34.6 Å². The zero-order valence-corrected chi connectivity index (χ0v) is 12.5. The van der Waals surface area contributed by atoms with E-state index in [-0.39, 0.29) is 35.8 Å². The Labute approximate surface area is 129 Å². The molecule has 7 heteroatoms. The normalized spacial score (nSPS) is 24.3. The molecule has 0 radical (unpaired) electrons. The maximum atomic E-state index is 12.4. The fourth-order valence-corrected chi connectivity index (χ4v) is 3.89. The third-order valence-corrected chi connectivity index (χ3v) is 5.03. The number of allylic oxidation sites excluding steroid dienone is 2. The van der Waals surface area contributed by atoms with Crippen LogP contribution in [0.1, 0.15) is 18.5 Å². The van der Waals surface area contributed by atoms with Crippen molar-refractivity contribution in [1.82, 2.24) is 14.3 Å². The van der Waals surface area contributed by atoms with E-state index in [0.717, 1.165) is 0 Å². The molecule has 0 bridgehead atoms. The van der Waals surface area contributed by atoms with E-state index in [2.05, 4.69) is 4.98 Å². The average Bonchev–Trinajstić information content (AvgIpc) is 3.08. The zero-order chi connectivity index (χ0) is 15.3. The molecule has 6 nitrogen and oxygen atoms in total. The number of imide groups is 1. The van der Waals surface area contributed by atoms with Gasteiger partial charge in [-0.2, -0.15) is 0 Å². The van der Waals surface area contributed by atoms with Crippen molar-refractivity contribution in [1.29, 1.82) is 0 Å². The first-order chi connectivity index (χ1) is 10.6. The lowest BCUT2D eigenvalue weighted by atomic mass is 9.85. The van der Waals surface area contributed by atoms with Gasteiger partial charge in [0.15, 0.2) is 4.96 Å². The van der Waals surface area contributed by atoms with E-state index in [1.807, 2.05) is 12.2 Å². The largest absolute Gasteiger partial charge is 0.276 e. The molecule has 22 heavy (non-hydrogen) atoms. The van der Waals surface area contributed by atoms with Gasteiger partial charge >= 0.3 is 0 Å². The minimum Gasteiger partial charge on any atom is -0.276 e. The number of amides is 2. The second-order valence-electron chi connectivity index (χ2n) is 5.56. The van der Waals surface area contributed by atoms with Crippen molar-refractivity contribution in [2.24, 2.45) is 11.8 Å². The van der Waals surface area contributed by atoms with Gasteiger partial charge in [-0.05, 0) is 12.8 Å². The first-order valence-electron chi connectivity index (χ1n) is 7.11. The standard InChI is InChI=1S/C15H13N3O3S/c19-12-7-9(16-15-17(12)5-6-22-15)8-18-13(20)10-3-1-2-4-11(10)14(18)21/h1-2,5-7,10-11H,3-4,8H2/t10-,11+. The molecule has 0 saturated carbocycles. The third-order valence-electron chi connectivity index (χ3n) is 4.28. The summed E-state index contributed by atoms with van der Waals surface area (Å²) in [4.78, 5) is 43.0. The molecule has 0 aromatic carbocycles. The van der Waals surface area contributed by atoms with Crippen molar-refractivity contribution in [3.63, 3.8) is 0 Å². The number of thiazole rings is 1. The van der Waals surface area contributed by atoms with Crippen molar-refractivity contribution in [2.45, 2.75) is 19.4 Å². The minimum absolute atomic E-state index is 0.0777. The molecule has 3 heterocycles. The molecule has 112 valence electrons. The SMILES string of the molecule is O=C1[C@H]2CC=CC[C@H]2C(=O)N1Cc1cc(=O)n2ccsc2n1. The van der Waals surface area contributed by atoms with E-state index in [4.69, 9.17) is 0 Å². The topological polar surface area (TPSA) is 71.8 Å². The number of aromatic nitrogens is 2. The highest BCUT2D eigenvalue weighted by molar-refractivity contribution is 7.15. The first-order valence-corrected chi connectivity index (χ1v) is 7.99. The van der Waals surface area contributed by atoms with E-state index in [9.17, 15) is 14.4 Å². The Hall–Kier alpha value is -2.28. The number of hydrogen-bond acceptors (Lipinski definition) is 5. The van der Waals surface area contributed by atoms with Gasteiger partial charge in [0.1, 0.15) is 0 Å². The molecular formula is C15H13N3O3S. The summed E-state index contributed by atoms with van der Waals surface area (Å²) in [5.74, 6) is -0.784. The Morgan fingerprint density at radius 1 is 1.14 bits per heavy atom. The molecule has 2 aromatic rings. The summed E-state index contributed by atoms with van der Waals surface area (Å²) in [7, 11) is 0. The van der Waals surface area contributed by atoms with Crippen molar-refractivity contribution in [3.05, 3.63) is 45.8 Å². The molecule has 0 spiro atoms. The zero-order valence-electron chi connectivity index (χ0n) is 11.6. The van der Waals surface area contributed by atoms with Crippen LogP contribution in [0.3, 0.4) is 0 Å². The summed E-state index contributed by atoms with van der Waals surface area (Å²) in [6.45, 7) is 0.0777. The molecule has 0 N–H and O–H groups in total. The van der Waals surface area contributed by atoms with Crippen LogP contribution in [0.25, 0.3) is 4.96 Å². The van der Waals surface area contributed by atoms with Crippen LogP contribution < -0.4 is 5.56 Å². The van der Waals surface area contributed by atoms with E-state index in [1.54, 1.807) is 11.6 Å². The van der Waals surface area contributed by atoms with Crippen molar-refractivity contribution < 1.29 is 9.59 Å². The van der Waals surface area contributed by atoms with Gasteiger partial charge < -0.3 is 0 Å². The molecule has 4 rings (SSSR count). The van der Waals surface area contributed by atoms with Crippen LogP contribution >= 0.6 is 11.3 Å². The minimum atomic E-state index is -0.246. The maximum absolute atomic E-state index is 12.4. The van der Waals surface area contributed by atoms with Crippen LogP contribution in [-0.4, -0.2) is 26.1 Å². The van der Waals surface area contributed by atoms with Gasteiger partial charge in [-0.25, -0.2) is 4.98 Å². The number of fused-ring (bicyclic) bond motifs is 2. The number of likely N-dealkylation sites (tertiary alicyclic amines) is 1. The lowest BCUT2D eigenvalue weighted by molar-refractivity contribution is -0.140. The second kappa shape index (κ2) is 4.88. The highest BCUT2D eigenvalue weighted by Crippen LogP contribution is 2.35. The predicted octanol–water partition coefficient (Wildman–Crippen LogP) is 1.21. The fourth-order valence-electron chi connectivity index (χ4n) is 3.16. The Morgan fingerprint density at radius 2 is 1.82 bits per heavy atom. The van der Waals surface area contributed by atoms with Gasteiger partial charge in [-0.15, -0.1) is 11.3 Å². The molecule has 2 atom stereocenters. The van der Waals surface area contributed by atoms with Crippen LogP contribution in [0.2, 0.25) is 0 Å². The first kappa shape index (κ1) is 13.4. The van der Waals surface area contributed by atoms with Crippen molar-refractivity contribution >= 4 is 28.1 Å². The maximum Gasteiger partial charge on any atom is 0.258 e. The molecule has 2 amide bonds. The number of carbonyl (C=O) groups is 2. The predicted molar refractivity (Wildman–Crippen MR) is 80.3 cm³/mol. The number of nitrogens with zero attached hydrogens (tertiary/aromatic N) is 3. The lowest BCUT2D eigenvalue weighted by Gasteiger charge is -2.14. The summed E-state index contributed by atoms with van der Waals surface area (Å²) in [6.07, 6.45) is 6.81. The summed E-state index contributed by atoms with van der Waals surface area (Å²) < 4.78 is 1.45. The summed E-state index contributed by atoms with van der Waals surface area (Å²) in [5, 5.41) is 1.78. The number of hydrogen-bond donors (Lipinski definition) is 0. The Kier molecular flexibility index (Phi) is 2.97. The highest BCUT2D eigenvalue weighted by Gasteiger charge is 2.47. The molecule has 1 saturated heterocycles. The van der Waals surface area contributed by atoms with Crippen molar-refractivity contribution in [3.8, 4) is 0 Å². The molecule has 0 unspecified atom stereocenters. The molecule has 1 aliphatic carbocycles. The van der Waals surface area contributed by atoms with Crippen LogP contribution in [0.4, 0.5) is 0 Å². The van der Waals surface area contributed by atoms with Gasteiger partial charge in [-0.3, -0.25) is 23.7 Å². The van der Waals surface area contributed by atoms with E-state index >= 15 is 0 Å². The summed E-state index contributed by atoms with van der Waals surface area (Å²) >= 11 is 1.35. The Balaban J connectivity index is 1.66. The van der Waals surface area contributed by atoms with Gasteiger partial charge in [-0.1, -0.05) is 12.2 Å².